The second kappa shape index (κ2) is 6.58. The summed E-state index contributed by atoms with van der Waals surface area (Å²) in [7, 11) is 0. The standard InChI is InChI=1S/C17H23NO3/c1-13-2-4-14(5-3-13)12-16(19)18-8-6-15(7-9-18)17-20-10-11-21-17/h2-5,15,17H,6-12H2,1H3. The van der Waals surface area contributed by atoms with Crippen molar-refractivity contribution in [3.8, 4) is 0 Å². The van der Waals surface area contributed by atoms with Crippen molar-refractivity contribution in [1.29, 1.82) is 0 Å². The van der Waals surface area contributed by atoms with Crippen molar-refractivity contribution in [2.24, 2.45) is 5.92 Å². The van der Waals surface area contributed by atoms with Crippen LogP contribution >= 0.6 is 0 Å². The Hall–Kier alpha value is -1.39. The summed E-state index contributed by atoms with van der Waals surface area (Å²) in [5, 5.41) is 0. The minimum atomic E-state index is -0.0423. The number of piperidine rings is 1. The van der Waals surface area contributed by atoms with E-state index in [1.807, 2.05) is 17.0 Å². The van der Waals surface area contributed by atoms with Gasteiger partial charge in [0.1, 0.15) is 0 Å². The van der Waals surface area contributed by atoms with Crippen LogP contribution in [0.2, 0.25) is 0 Å². The van der Waals surface area contributed by atoms with Crippen molar-refractivity contribution in [3.05, 3.63) is 35.4 Å². The van der Waals surface area contributed by atoms with Crippen LogP contribution in [0.1, 0.15) is 24.0 Å². The number of carbonyl (C=O) groups is 1. The highest BCUT2D eigenvalue weighted by molar-refractivity contribution is 5.78. The molecular weight excluding hydrogens is 266 g/mol. The van der Waals surface area contributed by atoms with Crippen LogP contribution in [-0.4, -0.2) is 43.4 Å². The second-order valence-corrected chi connectivity index (χ2v) is 5.99. The topological polar surface area (TPSA) is 38.8 Å². The van der Waals surface area contributed by atoms with Crippen molar-refractivity contribution in [1.82, 2.24) is 4.90 Å². The van der Waals surface area contributed by atoms with Gasteiger partial charge in [-0.05, 0) is 25.3 Å². The highest BCUT2D eigenvalue weighted by Gasteiger charge is 2.31. The van der Waals surface area contributed by atoms with Crippen molar-refractivity contribution in [3.63, 3.8) is 0 Å². The maximum Gasteiger partial charge on any atom is 0.226 e. The van der Waals surface area contributed by atoms with Crippen LogP contribution in [0.4, 0.5) is 0 Å². The van der Waals surface area contributed by atoms with Crippen molar-refractivity contribution < 1.29 is 14.3 Å². The third-order valence-electron chi connectivity index (χ3n) is 4.40. The largest absolute Gasteiger partial charge is 0.350 e. The van der Waals surface area contributed by atoms with Gasteiger partial charge in [-0.15, -0.1) is 0 Å². The number of rotatable bonds is 3. The number of aryl methyl sites for hydroxylation is 1. The zero-order chi connectivity index (χ0) is 14.7. The quantitative estimate of drug-likeness (QED) is 0.856. The SMILES string of the molecule is Cc1ccc(CC(=O)N2CCC(C3OCCO3)CC2)cc1. The Balaban J connectivity index is 1.49. The Morgan fingerprint density at radius 2 is 1.76 bits per heavy atom. The lowest BCUT2D eigenvalue weighted by Crippen LogP contribution is -2.42. The van der Waals surface area contributed by atoms with Crippen LogP contribution in [-0.2, 0) is 20.7 Å². The number of benzene rings is 1. The fraction of sp³-hybridized carbons (Fsp3) is 0.588. The molecule has 4 nitrogen and oxygen atoms in total. The lowest BCUT2D eigenvalue weighted by Gasteiger charge is -2.34. The summed E-state index contributed by atoms with van der Waals surface area (Å²) in [5.41, 5.74) is 2.32. The lowest BCUT2D eigenvalue weighted by atomic mass is 9.95. The summed E-state index contributed by atoms with van der Waals surface area (Å²) in [6, 6.07) is 8.20. The molecule has 0 spiro atoms. The predicted molar refractivity (Wildman–Crippen MR) is 79.9 cm³/mol. The fourth-order valence-corrected chi connectivity index (χ4v) is 3.06. The summed E-state index contributed by atoms with van der Waals surface area (Å²) in [6.45, 7) is 5.11. The van der Waals surface area contributed by atoms with Crippen molar-refractivity contribution >= 4 is 5.91 Å². The Kier molecular flexibility index (Phi) is 4.56. The summed E-state index contributed by atoms with van der Waals surface area (Å²) < 4.78 is 11.1. The third-order valence-corrected chi connectivity index (χ3v) is 4.40. The zero-order valence-corrected chi connectivity index (χ0v) is 12.6. The first kappa shape index (κ1) is 14.5. The van der Waals surface area contributed by atoms with Gasteiger partial charge in [-0.1, -0.05) is 29.8 Å². The van der Waals surface area contributed by atoms with Gasteiger partial charge in [0.05, 0.1) is 19.6 Å². The van der Waals surface area contributed by atoms with E-state index in [-0.39, 0.29) is 12.2 Å². The van der Waals surface area contributed by atoms with Crippen LogP contribution in [0.5, 0.6) is 0 Å². The van der Waals surface area contributed by atoms with E-state index in [9.17, 15) is 4.79 Å². The molecule has 0 N–H and O–H groups in total. The molecule has 2 aliphatic rings. The Bertz CT molecular complexity index is 471. The van der Waals surface area contributed by atoms with E-state index >= 15 is 0 Å². The molecule has 2 fully saturated rings. The van der Waals surface area contributed by atoms with E-state index in [1.165, 1.54) is 5.56 Å². The van der Waals surface area contributed by atoms with Gasteiger partial charge in [-0.25, -0.2) is 0 Å². The van der Waals surface area contributed by atoms with Gasteiger partial charge in [-0.3, -0.25) is 4.79 Å². The van der Waals surface area contributed by atoms with Crippen LogP contribution in [0.3, 0.4) is 0 Å². The maximum absolute atomic E-state index is 12.3. The normalized spacial score (nSPS) is 20.9. The van der Waals surface area contributed by atoms with Crippen LogP contribution < -0.4 is 0 Å². The van der Waals surface area contributed by atoms with E-state index in [0.717, 1.165) is 31.5 Å². The van der Waals surface area contributed by atoms with E-state index in [0.29, 0.717) is 25.6 Å². The summed E-state index contributed by atoms with van der Waals surface area (Å²) in [6.07, 6.45) is 2.41. The fourth-order valence-electron chi connectivity index (χ4n) is 3.06. The molecule has 0 atom stereocenters. The molecule has 1 aromatic carbocycles. The number of ether oxygens (including phenoxy) is 2. The molecule has 0 aromatic heterocycles. The number of amides is 1. The van der Waals surface area contributed by atoms with Gasteiger partial charge in [0.2, 0.25) is 5.91 Å². The smallest absolute Gasteiger partial charge is 0.226 e. The molecule has 0 saturated carbocycles. The van der Waals surface area contributed by atoms with E-state index < -0.39 is 0 Å². The first-order valence-corrected chi connectivity index (χ1v) is 7.79. The number of hydrogen-bond donors (Lipinski definition) is 0. The molecule has 2 aliphatic heterocycles. The molecule has 0 aliphatic carbocycles. The summed E-state index contributed by atoms with van der Waals surface area (Å²) >= 11 is 0. The molecule has 0 unspecified atom stereocenters. The zero-order valence-electron chi connectivity index (χ0n) is 12.6. The highest BCUT2D eigenvalue weighted by Crippen LogP contribution is 2.26. The molecule has 1 amide bonds. The Morgan fingerprint density at radius 1 is 1.14 bits per heavy atom. The van der Waals surface area contributed by atoms with Gasteiger partial charge in [0, 0.05) is 19.0 Å². The van der Waals surface area contributed by atoms with Gasteiger partial charge in [0.15, 0.2) is 6.29 Å². The average Bonchev–Trinajstić information content (AvgIpc) is 3.04. The van der Waals surface area contributed by atoms with Gasteiger partial charge in [-0.2, -0.15) is 0 Å². The van der Waals surface area contributed by atoms with Gasteiger partial charge < -0.3 is 14.4 Å². The van der Waals surface area contributed by atoms with Crippen LogP contribution in [0.25, 0.3) is 0 Å². The minimum absolute atomic E-state index is 0.0423. The van der Waals surface area contributed by atoms with Crippen LogP contribution in [0, 0.1) is 12.8 Å². The Morgan fingerprint density at radius 3 is 2.38 bits per heavy atom. The van der Waals surface area contributed by atoms with E-state index in [4.69, 9.17) is 9.47 Å². The number of hydrogen-bond acceptors (Lipinski definition) is 3. The molecule has 1 aromatic rings. The molecule has 2 saturated heterocycles. The maximum atomic E-state index is 12.3. The molecule has 4 heteroatoms. The van der Waals surface area contributed by atoms with E-state index in [2.05, 4.69) is 19.1 Å². The first-order valence-electron chi connectivity index (χ1n) is 7.79. The molecule has 2 heterocycles. The van der Waals surface area contributed by atoms with E-state index in [1.54, 1.807) is 0 Å². The molecule has 0 bridgehead atoms. The first-order chi connectivity index (χ1) is 10.2. The van der Waals surface area contributed by atoms with Crippen molar-refractivity contribution in [2.75, 3.05) is 26.3 Å². The Labute approximate surface area is 126 Å². The summed E-state index contributed by atoms with van der Waals surface area (Å²) in [5.74, 6) is 0.668. The average molecular weight is 289 g/mol. The van der Waals surface area contributed by atoms with Crippen molar-refractivity contribution in [2.45, 2.75) is 32.5 Å². The molecule has 114 valence electrons. The summed E-state index contributed by atoms with van der Waals surface area (Å²) in [4.78, 5) is 14.3. The number of likely N-dealkylation sites (tertiary alicyclic amines) is 1. The minimum Gasteiger partial charge on any atom is -0.350 e. The second-order valence-electron chi connectivity index (χ2n) is 5.99. The van der Waals surface area contributed by atoms with Gasteiger partial charge in [0.25, 0.3) is 0 Å². The predicted octanol–water partition coefficient (Wildman–Crippen LogP) is 2.15. The molecule has 3 rings (SSSR count). The molecule has 21 heavy (non-hydrogen) atoms. The van der Waals surface area contributed by atoms with Crippen LogP contribution in [0.15, 0.2) is 24.3 Å². The van der Waals surface area contributed by atoms with Gasteiger partial charge >= 0.3 is 0 Å². The number of carbonyl (C=O) groups excluding carboxylic acids is 1. The lowest BCUT2D eigenvalue weighted by molar-refractivity contribution is -0.136. The number of nitrogens with zero attached hydrogens (tertiary/aromatic N) is 1. The monoisotopic (exact) mass is 289 g/mol. The highest BCUT2D eigenvalue weighted by atomic mass is 16.7. The molecule has 0 radical (unpaired) electrons. The third kappa shape index (κ3) is 3.63. The molecular formula is C17H23NO3.